The van der Waals surface area contributed by atoms with Gasteiger partial charge in [-0.25, -0.2) is 9.97 Å². The molecule has 1 fully saturated rings. The number of anilines is 1. The van der Waals surface area contributed by atoms with Gasteiger partial charge < -0.3 is 10.4 Å². The first-order valence-corrected chi connectivity index (χ1v) is 5.90. The van der Waals surface area contributed by atoms with Gasteiger partial charge >= 0.3 is 0 Å². The van der Waals surface area contributed by atoms with Crippen molar-refractivity contribution in [2.24, 2.45) is 0 Å². The van der Waals surface area contributed by atoms with E-state index in [9.17, 15) is 5.11 Å². The molecule has 0 spiro atoms. The van der Waals surface area contributed by atoms with E-state index in [1.54, 1.807) is 0 Å². The maximum absolute atomic E-state index is 10.3. The highest BCUT2D eigenvalue weighted by molar-refractivity contribution is 5.33. The summed E-state index contributed by atoms with van der Waals surface area (Å²) in [6, 6.07) is 1.92. The molecule has 2 rings (SSSR count). The lowest BCUT2D eigenvalue weighted by atomic mass is 9.85. The summed E-state index contributed by atoms with van der Waals surface area (Å²) < 4.78 is 0. The molecule has 0 unspecified atom stereocenters. The molecule has 5 nitrogen and oxygen atoms in total. The third-order valence-corrected chi connectivity index (χ3v) is 3.15. The zero-order valence-corrected chi connectivity index (χ0v) is 9.69. The van der Waals surface area contributed by atoms with Gasteiger partial charge in [0.1, 0.15) is 11.9 Å². The van der Waals surface area contributed by atoms with E-state index < -0.39 is 5.60 Å². The molecule has 1 saturated carbocycles. The van der Waals surface area contributed by atoms with Crippen molar-refractivity contribution < 1.29 is 5.11 Å². The number of aliphatic hydroxyl groups is 1. The number of aromatic nitrogens is 2. The van der Waals surface area contributed by atoms with Crippen LogP contribution in [0.5, 0.6) is 0 Å². The van der Waals surface area contributed by atoms with Gasteiger partial charge in [-0.05, 0) is 12.8 Å². The van der Waals surface area contributed by atoms with Crippen LogP contribution in [0, 0.1) is 11.3 Å². The van der Waals surface area contributed by atoms with Crippen molar-refractivity contribution in [2.75, 3.05) is 11.9 Å². The Morgan fingerprint density at radius 1 is 1.29 bits per heavy atom. The highest BCUT2D eigenvalue weighted by Crippen LogP contribution is 2.27. The minimum absolute atomic E-state index is 0.298. The second-order valence-corrected chi connectivity index (χ2v) is 4.54. The molecule has 2 N–H and O–H groups in total. The van der Waals surface area contributed by atoms with Crippen molar-refractivity contribution >= 4 is 5.82 Å². The Kier molecular flexibility index (Phi) is 3.55. The molecule has 1 aromatic heterocycles. The molecule has 0 aromatic carbocycles. The van der Waals surface area contributed by atoms with Crippen LogP contribution in [-0.4, -0.2) is 27.2 Å². The van der Waals surface area contributed by atoms with Crippen LogP contribution in [0.15, 0.2) is 12.4 Å². The van der Waals surface area contributed by atoms with Crippen LogP contribution < -0.4 is 5.32 Å². The van der Waals surface area contributed by atoms with Gasteiger partial charge in [0.05, 0.1) is 18.0 Å². The summed E-state index contributed by atoms with van der Waals surface area (Å²) in [5.74, 6) is 0.600. The highest BCUT2D eigenvalue weighted by atomic mass is 16.3. The van der Waals surface area contributed by atoms with E-state index in [1.807, 2.05) is 6.07 Å². The topological polar surface area (TPSA) is 81.8 Å². The molecule has 1 aromatic rings. The minimum atomic E-state index is -0.617. The monoisotopic (exact) mass is 232 g/mol. The number of nitrogens with zero attached hydrogens (tertiary/aromatic N) is 3. The highest BCUT2D eigenvalue weighted by Gasteiger charge is 2.28. The number of hydrogen-bond donors (Lipinski definition) is 2. The average molecular weight is 232 g/mol. The van der Waals surface area contributed by atoms with Gasteiger partial charge in [-0.2, -0.15) is 5.26 Å². The SMILES string of the molecule is N#Cc1cnc(NCC2(O)CCCCC2)cn1. The fraction of sp³-hybridized carbons (Fsp3) is 0.583. The summed E-state index contributed by atoms with van der Waals surface area (Å²) in [5.41, 5.74) is -0.319. The molecule has 0 saturated heterocycles. The lowest BCUT2D eigenvalue weighted by Gasteiger charge is -2.32. The number of rotatable bonds is 3. The fourth-order valence-electron chi connectivity index (χ4n) is 2.12. The van der Waals surface area contributed by atoms with E-state index in [2.05, 4.69) is 15.3 Å². The van der Waals surface area contributed by atoms with Crippen LogP contribution in [0.2, 0.25) is 0 Å². The Labute approximate surface area is 101 Å². The fourth-order valence-corrected chi connectivity index (χ4v) is 2.12. The molecule has 5 heteroatoms. The Morgan fingerprint density at radius 3 is 2.65 bits per heavy atom. The molecular weight excluding hydrogens is 216 g/mol. The lowest BCUT2D eigenvalue weighted by Crippen LogP contribution is -2.38. The minimum Gasteiger partial charge on any atom is -0.388 e. The predicted molar refractivity (Wildman–Crippen MR) is 63.3 cm³/mol. The van der Waals surface area contributed by atoms with Gasteiger partial charge in [-0.3, -0.25) is 0 Å². The Hall–Kier alpha value is -1.67. The summed E-state index contributed by atoms with van der Waals surface area (Å²) in [6.45, 7) is 0.494. The van der Waals surface area contributed by atoms with E-state index in [4.69, 9.17) is 5.26 Å². The average Bonchev–Trinajstić information content (AvgIpc) is 2.38. The maximum atomic E-state index is 10.3. The molecule has 0 radical (unpaired) electrons. The second kappa shape index (κ2) is 5.11. The molecule has 0 bridgehead atoms. The third-order valence-electron chi connectivity index (χ3n) is 3.15. The summed E-state index contributed by atoms with van der Waals surface area (Å²) in [5, 5.41) is 21.9. The number of nitriles is 1. The Morgan fingerprint density at radius 2 is 2.06 bits per heavy atom. The lowest BCUT2D eigenvalue weighted by molar-refractivity contribution is 0.0166. The van der Waals surface area contributed by atoms with E-state index in [0.717, 1.165) is 25.7 Å². The molecule has 1 aliphatic rings. The van der Waals surface area contributed by atoms with E-state index in [1.165, 1.54) is 18.8 Å². The van der Waals surface area contributed by atoms with Crippen molar-refractivity contribution in [1.29, 1.82) is 5.26 Å². The zero-order chi connectivity index (χ0) is 12.1. The molecule has 17 heavy (non-hydrogen) atoms. The molecule has 0 amide bonds. The molecular formula is C12H16N4O. The molecule has 0 atom stereocenters. The van der Waals surface area contributed by atoms with E-state index in [-0.39, 0.29) is 0 Å². The van der Waals surface area contributed by atoms with Crippen molar-refractivity contribution in [2.45, 2.75) is 37.7 Å². The van der Waals surface area contributed by atoms with Crippen molar-refractivity contribution in [3.63, 3.8) is 0 Å². The smallest absolute Gasteiger partial charge is 0.158 e. The van der Waals surface area contributed by atoms with Crippen LogP contribution in [-0.2, 0) is 0 Å². The molecule has 1 heterocycles. The standard InChI is InChI=1S/C12H16N4O/c13-6-10-7-15-11(8-14-10)16-9-12(17)4-2-1-3-5-12/h7-8,17H,1-5,9H2,(H,15,16). The summed E-state index contributed by atoms with van der Waals surface area (Å²) in [4.78, 5) is 7.97. The third kappa shape index (κ3) is 3.14. The van der Waals surface area contributed by atoms with Crippen LogP contribution in [0.3, 0.4) is 0 Å². The van der Waals surface area contributed by atoms with Crippen LogP contribution in [0.1, 0.15) is 37.8 Å². The first kappa shape index (κ1) is 11.8. The van der Waals surface area contributed by atoms with Gasteiger partial charge in [0.15, 0.2) is 5.69 Å². The largest absolute Gasteiger partial charge is 0.388 e. The summed E-state index contributed by atoms with van der Waals surface area (Å²) in [7, 11) is 0. The molecule has 0 aliphatic heterocycles. The number of hydrogen-bond acceptors (Lipinski definition) is 5. The van der Waals surface area contributed by atoms with Gasteiger partial charge in [-0.1, -0.05) is 19.3 Å². The Balaban J connectivity index is 1.90. The maximum Gasteiger partial charge on any atom is 0.158 e. The number of nitrogens with one attached hydrogen (secondary N) is 1. The molecule has 1 aliphatic carbocycles. The first-order valence-electron chi connectivity index (χ1n) is 5.90. The van der Waals surface area contributed by atoms with Gasteiger partial charge in [-0.15, -0.1) is 0 Å². The van der Waals surface area contributed by atoms with Crippen molar-refractivity contribution in [3.05, 3.63) is 18.1 Å². The van der Waals surface area contributed by atoms with Crippen LogP contribution in [0.4, 0.5) is 5.82 Å². The van der Waals surface area contributed by atoms with Crippen molar-refractivity contribution in [3.8, 4) is 6.07 Å². The van der Waals surface area contributed by atoms with Gasteiger partial charge in [0, 0.05) is 6.54 Å². The first-order chi connectivity index (χ1) is 8.22. The summed E-state index contributed by atoms with van der Waals surface area (Å²) >= 11 is 0. The Bertz CT molecular complexity index is 404. The van der Waals surface area contributed by atoms with Crippen LogP contribution >= 0.6 is 0 Å². The van der Waals surface area contributed by atoms with E-state index in [0.29, 0.717) is 18.1 Å². The van der Waals surface area contributed by atoms with E-state index >= 15 is 0 Å². The molecule has 90 valence electrons. The quantitative estimate of drug-likeness (QED) is 0.824. The van der Waals surface area contributed by atoms with Crippen molar-refractivity contribution in [1.82, 2.24) is 9.97 Å². The zero-order valence-electron chi connectivity index (χ0n) is 9.69. The summed E-state index contributed by atoms with van der Waals surface area (Å²) in [6.07, 6.45) is 7.98. The predicted octanol–water partition coefficient (Wildman–Crippen LogP) is 1.46. The van der Waals surface area contributed by atoms with Gasteiger partial charge in [0.2, 0.25) is 0 Å². The second-order valence-electron chi connectivity index (χ2n) is 4.54. The van der Waals surface area contributed by atoms with Gasteiger partial charge in [0.25, 0.3) is 0 Å². The normalized spacial score (nSPS) is 18.4. The van der Waals surface area contributed by atoms with Crippen LogP contribution in [0.25, 0.3) is 0 Å².